The number of fused-ring (bicyclic) bond motifs is 1. The number of imidazole rings is 1. The zero-order valence-corrected chi connectivity index (χ0v) is 10.1. The molecule has 16 heavy (non-hydrogen) atoms. The number of Topliss-reactive ketones (excluding diaryl/α,β-unsaturated/α-hetero) is 1. The van der Waals surface area contributed by atoms with Crippen LogP contribution in [0.1, 0.15) is 31.1 Å². The van der Waals surface area contributed by atoms with Crippen LogP contribution in [-0.2, 0) is 7.05 Å². The van der Waals surface area contributed by atoms with Gasteiger partial charge in [-0.1, -0.05) is 20.8 Å². The standard InChI is InChI=1S/C13H16N2O/c1-13(2,3)12(16)9-5-6-11-10(7-9)14-8-15(11)4/h5-8H,1-4H3. The SMILES string of the molecule is Cn1cnc2cc(C(=O)C(C)(C)C)ccc21. The van der Waals surface area contributed by atoms with E-state index in [9.17, 15) is 4.79 Å². The van der Waals surface area contributed by atoms with Crippen molar-refractivity contribution in [2.75, 3.05) is 0 Å². The Labute approximate surface area is 95.1 Å². The fourth-order valence-corrected chi connectivity index (χ4v) is 1.71. The van der Waals surface area contributed by atoms with Crippen molar-refractivity contribution in [1.29, 1.82) is 0 Å². The molecular weight excluding hydrogens is 200 g/mol. The van der Waals surface area contributed by atoms with Crippen LogP contribution < -0.4 is 0 Å². The zero-order chi connectivity index (χ0) is 11.9. The van der Waals surface area contributed by atoms with Crippen LogP contribution in [0.4, 0.5) is 0 Å². The van der Waals surface area contributed by atoms with Gasteiger partial charge in [-0.3, -0.25) is 4.79 Å². The second kappa shape index (κ2) is 3.44. The van der Waals surface area contributed by atoms with Gasteiger partial charge >= 0.3 is 0 Å². The first-order chi connectivity index (χ1) is 7.39. The lowest BCUT2D eigenvalue weighted by Gasteiger charge is -2.16. The third-order valence-corrected chi connectivity index (χ3v) is 2.67. The molecule has 3 nitrogen and oxygen atoms in total. The third-order valence-electron chi connectivity index (χ3n) is 2.67. The number of aryl methyl sites for hydroxylation is 1. The maximum atomic E-state index is 12.1. The van der Waals surface area contributed by atoms with Crippen LogP contribution in [0, 0.1) is 5.41 Å². The molecule has 0 atom stereocenters. The lowest BCUT2D eigenvalue weighted by molar-refractivity contribution is 0.0858. The average molecular weight is 216 g/mol. The quantitative estimate of drug-likeness (QED) is 0.687. The van der Waals surface area contributed by atoms with E-state index in [0.717, 1.165) is 16.6 Å². The van der Waals surface area contributed by atoms with Gasteiger partial charge in [0.1, 0.15) is 0 Å². The Bertz CT molecular complexity index is 547. The summed E-state index contributed by atoms with van der Waals surface area (Å²) in [5, 5.41) is 0. The number of aromatic nitrogens is 2. The number of hydrogen-bond donors (Lipinski definition) is 0. The van der Waals surface area contributed by atoms with E-state index in [2.05, 4.69) is 4.98 Å². The van der Waals surface area contributed by atoms with Gasteiger partial charge in [0.2, 0.25) is 0 Å². The minimum Gasteiger partial charge on any atom is -0.334 e. The first-order valence-corrected chi connectivity index (χ1v) is 5.35. The zero-order valence-electron chi connectivity index (χ0n) is 10.1. The molecule has 0 fully saturated rings. The summed E-state index contributed by atoms with van der Waals surface area (Å²) in [5.41, 5.74) is 2.31. The van der Waals surface area contributed by atoms with E-state index in [1.54, 1.807) is 6.33 Å². The molecule has 0 radical (unpaired) electrons. The number of carbonyl (C=O) groups excluding carboxylic acids is 1. The maximum absolute atomic E-state index is 12.1. The molecule has 2 rings (SSSR count). The molecule has 0 saturated carbocycles. The molecule has 0 unspecified atom stereocenters. The van der Waals surface area contributed by atoms with E-state index in [-0.39, 0.29) is 11.2 Å². The Morgan fingerprint density at radius 3 is 2.62 bits per heavy atom. The third kappa shape index (κ3) is 1.73. The predicted molar refractivity (Wildman–Crippen MR) is 64.5 cm³/mol. The van der Waals surface area contributed by atoms with Crippen molar-refractivity contribution >= 4 is 16.8 Å². The molecule has 0 saturated heterocycles. The van der Waals surface area contributed by atoms with Gasteiger partial charge in [-0.15, -0.1) is 0 Å². The van der Waals surface area contributed by atoms with Crippen molar-refractivity contribution in [1.82, 2.24) is 9.55 Å². The summed E-state index contributed by atoms with van der Waals surface area (Å²) in [6.07, 6.45) is 1.76. The monoisotopic (exact) mass is 216 g/mol. The van der Waals surface area contributed by atoms with Crippen molar-refractivity contribution in [2.45, 2.75) is 20.8 Å². The number of nitrogens with zero attached hydrogens (tertiary/aromatic N) is 2. The molecule has 84 valence electrons. The largest absolute Gasteiger partial charge is 0.334 e. The molecule has 0 bridgehead atoms. The second-order valence-electron chi connectivity index (χ2n) is 5.14. The molecule has 0 aliphatic rings. The van der Waals surface area contributed by atoms with Crippen molar-refractivity contribution < 1.29 is 4.79 Å². The van der Waals surface area contributed by atoms with Crippen LogP contribution in [0.2, 0.25) is 0 Å². The summed E-state index contributed by atoms with van der Waals surface area (Å²) >= 11 is 0. The van der Waals surface area contributed by atoms with E-state index in [1.165, 1.54) is 0 Å². The molecule has 3 heteroatoms. The van der Waals surface area contributed by atoms with E-state index >= 15 is 0 Å². The van der Waals surface area contributed by atoms with Gasteiger partial charge in [-0.2, -0.15) is 0 Å². The molecule has 0 aliphatic heterocycles. The number of ketones is 1. The first-order valence-electron chi connectivity index (χ1n) is 5.35. The molecule has 0 N–H and O–H groups in total. The van der Waals surface area contributed by atoms with Gasteiger partial charge in [0.05, 0.1) is 17.4 Å². The highest BCUT2D eigenvalue weighted by molar-refractivity contribution is 6.02. The predicted octanol–water partition coefficient (Wildman–Crippen LogP) is 2.80. The Morgan fingerprint density at radius 2 is 2.00 bits per heavy atom. The van der Waals surface area contributed by atoms with Gasteiger partial charge in [-0.05, 0) is 18.2 Å². The van der Waals surface area contributed by atoms with E-state index < -0.39 is 0 Å². The van der Waals surface area contributed by atoms with Crippen LogP contribution in [0.15, 0.2) is 24.5 Å². The fourth-order valence-electron chi connectivity index (χ4n) is 1.71. The van der Waals surface area contributed by atoms with Gasteiger partial charge in [0.15, 0.2) is 5.78 Å². The van der Waals surface area contributed by atoms with Crippen LogP contribution in [0.3, 0.4) is 0 Å². The van der Waals surface area contributed by atoms with Gasteiger partial charge in [0.25, 0.3) is 0 Å². The number of hydrogen-bond acceptors (Lipinski definition) is 2. The minimum absolute atomic E-state index is 0.153. The lowest BCUT2D eigenvalue weighted by atomic mass is 9.86. The van der Waals surface area contributed by atoms with Crippen LogP contribution in [-0.4, -0.2) is 15.3 Å². The Hall–Kier alpha value is -1.64. The highest BCUT2D eigenvalue weighted by Gasteiger charge is 2.23. The molecule has 1 heterocycles. The van der Waals surface area contributed by atoms with Crippen molar-refractivity contribution in [3.8, 4) is 0 Å². The Kier molecular flexibility index (Phi) is 2.34. The molecule has 0 spiro atoms. The maximum Gasteiger partial charge on any atom is 0.168 e. The normalized spacial score (nSPS) is 12.0. The number of carbonyl (C=O) groups is 1. The summed E-state index contributed by atoms with van der Waals surface area (Å²) in [5.74, 6) is 0.153. The van der Waals surface area contributed by atoms with Gasteiger partial charge < -0.3 is 4.57 Å². The first kappa shape index (κ1) is 10.9. The smallest absolute Gasteiger partial charge is 0.168 e. The molecule has 0 aliphatic carbocycles. The second-order valence-corrected chi connectivity index (χ2v) is 5.14. The Balaban J connectivity index is 2.52. The van der Waals surface area contributed by atoms with Crippen LogP contribution in [0.25, 0.3) is 11.0 Å². The Morgan fingerprint density at radius 1 is 1.31 bits per heavy atom. The minimum atomic E-state index is -0.345. The summed E-state index contributed by atoms with van der Waals surface area (Å²) in [4.78, 5) is 16.3. The molecule has 0 amide bonds. The van der Waals surface area contributed by atoms with Gasteiger partial charge in [-0.25, -0.2) is 4.98 Å². The van der Waals surface area contributed by atoms with E-state index in [4.69, 9.17) is 0 Å². The van der Waals surface area contributed by atoms with E-state index in [1.807, 2.05) is 50.6 Å². The summed E-state index contributed by atoms with van der Waals surface area (Å²) in [6, 6.07) is 5.68. The highest BCUT2D eigenvalue weighted by Crippen LogP contribution is 2.23. The van der Waals surface area contributed by atoms with E-state index in [0.29, 0.717) is 0 Å². The molecule has 1 aromatic carbocycles. The van der Waals surface area contributed by atoms with Crippen molar-refractivity contribution in [3.05, 3.63) is 30.1 Å². The van der Waals surface area contributed by atoms with Gasteiger partial charge in [0, 0.05) is 18.0 Å². The fraction of sp³-hybridized carbons (Fsp3) is 0.385. The topological polar surface area (TPSA) is 34.9 Å². The summed E-state index contributed by atoms with van der Waals surface area (Å²) in [7, 11) is 1.95. The van der Waals surface area contributed by atoms with Crippen molar-refractivity contribution in [2.24, 2.45) is 12.5 Å². The molecular formula is C13H16N2O. The van der Waals surface area contributed by atoms with Crippen LogP contribution in [0.5, 0.6) is 0 Å². The van der Waals surface area contributed by atoms with Crippen LogP contribution >= 0.6 is 0 Å². The lowest BCUT2D eigenvalue weighted by Crippen LogP contribution is -2.20. The molecule has 2 aromatic rings. The summed E-state index contributed by atoms with van der Waals surface area (Å²) in [6.45, 7) is 5.79. The average Bonchev–Trinajstić information content (AvgIpc) is 2.57. The number of benzene rings is 1. The highest BCUT2D eigenvalue weighted by atomic mass is 16.1. The summed E-state index contributed by atoms with van der Waals surface area (Å²) < 4.78 is 1.95. The number of rotatable bonds is 1. The van der Waals surface area contributed by atoms with Crippen molar-refractivity contribution in [3.63, 3.8) is 0 Å². The molecule has 1 aromatic heterocycles.